The fourth-order valence-electron chi connectivity index (χ4n) is 2.46. The van der Waals surface area contributed by atoms with Crippen molar-refractivity contribution < 1.29 is 9.53 Å². The van der Waals surface area contributed by atoms with Crippen LogP contribution < -0.4 is 5.73 Å². The first-order chi connectivity index (χ1) is 8.31. The molecule has 0 aromatic carbocycles. The van der Waals surface area contributed by atoms with Crippen molar-refractivity contribution in [3.05, 3.63) is 0 Å². The first-order valence-corrected chi connectivity index (χ1v) is 6.34. The summed E-state index contributed by atoms with van der Waals surface area (Å²) in [5, 5.41) is 8.55. The number of hydrogen-bond donors (Lipinski definition) is 1. The van der Waals surface area contributed by atoms with Crippen LogP contribution in [-0.2, 0) is 9.53 Å². The molecule has 2 unspecified atom stereocenters. The van der Waals surface area contributed by atoms with Crippen molar-refractivity contribution in [1.29, 1.82) is 5.26 Å². The molecule has 1 amide bonds. The minimum Gasteiger partial charge on any atom is -0.378 e. The van der Waals surface area contributed by atoms with Crippen LogP contribution in [0.25, 0.3) is 0 Å². The van der Waals surface area contributed by atoms with Gasteiger partial charge >= 0.3 is 0 Å². The number of rotatable bonds is 5. The Labute approximate surface area is 109 Å². The minimum absolute atomic E-state index is 0.0285. The van der Waals surface area contributed by atoms with Crippen LogP contribution in [0.5, 0.6) is 0 Å². The molecular weight excluding hydrogens is 230 g/mol. The molecule has 2 atom stereocenters. The molecule has 1 aliphatic rings. The van der Waals surface area contributed by atoms with Crippen molar-refractivity contribution in [3.8, 4) is 6.07 Å². The number of amides is 1. The van der Waals surface area contributed by atoms with Gasteiger partial charge in [0.2, 0.25) is 5.91 Å². The lowest BCUT2D eigenvalue weighted by atomic mass is 9.54. The highest BCUT2D eigenvalue weighted by Gasteiger charge is 2.63. The SMILES string of the molecule is CCOC1CC(N)(C(=O)N(C)CCC#N)C1(C)C. The van der Waals surface area contributed by atoms with E-state index in [9.17, 15) is 4.79 Å². The Balaban J connectivity index is 2.72. The van der Waals surface area contributed by atoms with Crippen LogP contribution in [0.2, 0.25) is 0 Å². The molecule has 0 aliphatic heterocycles. The zero-order chi connectivity index (χ0) is 14.0. The molecule has 0 saturated heterocycles. The summed E-state index contributed by atoms with van der Waals surface area (Å²) in [6.07, 6.45) is 0.901. The van der Waals surface area contributed by atoms with Crippen molar-refractivity contribution in [3.63, 3.8) is 0 Å². The lowest BCUT2D eigenvalue weighted by Gasteiger charge is -2.58. The summed E-state index contributed by atoms with van der Waals surface area (Å²) in [6.45, 7) is 6.92. The number of hydrogen-bond acceptors (Lipinski definition) is 4. The quantitative estimate of drug-likeness (QED) is 0.789. The van der Waals surface area contributed by atoms with Crippen molar-refractivity contribution in [2.45, 2.75) is 45.3 Å². The number of likely N-dealkylation sites (N-methyl/N-ethyl adjacent to an activating group) is 1. The third-order valence-corrected chi connectivity index (χ3v) is 4.12. The fraction of sp³-hybridized carbons (Fsp3) is 0.846. The van der Waals surface area contributed by atoms with Gasteiger partial charge in [0.25, 0.3) is 0 Å². The second kappa shape index (κ2) is 5.25. The van der Waals surface area contributed by atoms with Crippen molar-refractivity contribution in [2.24, 2.45) is 11.1 Å². The Morgan fingerprint density at radius 2 is 2.22 bits per heavy atom. The summed E-state index contributed by atoms with van der Waals surface area (Å²) in [7, 11) is 1.69. The molecule has 5 nitrogen and oxygen atoms in total. The Morgan fingerprint density at radius 1 is 1.61 bits per heavy atom. The molecule has 1 fully saturated rings. The van der Waals surface area contributed by atoms with Gasteiger partial charge in [0.05, 0.1) is 18.6 Å². The molecule has 1 aliphatic carbocycles. The van der Waals surface area contributed by atoms with Crippen LogP contribution in [0, 0.1) is 16.7 Å². The largest absolute Gasteiger partial charge is 0.378 e. The third kappa shape index (κ3) is 2.23. The second-order valence-electron chi connectivity index (χ2n) is 5.48. The lowest BCUT2D eigenvalue weighted by molar-refractivity contribution is -0.178. The molecule has 1 saturated carbocycles. The maximum absolute atomic E-state index is 12.4. The fourth-order valence-corrected chi connectivity index (χ4v) is 2.46. The van der Waals surface area contributed by atoms with E-state index in [2.05, 4.69) is 0 Å². The van der Waals surface area contributed by atoms with E-state index in [0.717, 1.165) is 0 Å². The van der Waals surface area contributed by atoms with Gasteiger partial charge in [-0.05, 0) is 6.92 Å². The molecule has 2 N–H and O–H groups in total. The van der Waals surface area contributed by atoms with Gasteiger partial charge in [0, 0.05) is 32.0 Å². The topological polar surface area (TPSA) is 79.3 Å². The molecule has 0 aromatic rings. The Bertz CT molecular complexity index is 362. The van der Waals surface area contributed by atoms with Crippen LogP contribution in [-0.4, -0.2) is 42.6 Å². The highest BCUT2D eigenvalue weighted by atomic mass is 16.5. The molecule has 1 rings (SSSR count). The van der Waals surface area contributed by atoms with Crippen molar-refractivity contribution in [2.75, 3.05) is 20.2 Å². The minimum atomic E-state index is -0.878. The van der Waals surface area contributed by atoms with Gasteiger partial charge in [-0.3, -0.25) is 4.79 Å². The average Bonchev–Trinajstić information content (AvgIpc) is 2.34. The number of carbonyl (C=O) groups excluding carboxylic acids is 1. The summed E-state index contributed by atoms with van der Waals surface area (Å²) < 4.78 is 5.60. The Hall–Kier alpha value is -1.12. The van der Waals surface area contributed by atoms with Crippen LogP contribution in [0.4, 0.5) is 0 Å². The molecular formula is C13H23N3O2. The van der Waals surface area contributed by atoms with E-state index >= 15 is 0 Å². The molecule has 0 aromatic heterocycles. The highest BCUT2D eigenvalue weighted by molar-refractivity contribution is 5.88. The van der Waals surface area contributed by atoms with Gasteiger partial charge in [-0.25, -0.2) is 0 Å². The summed E-state index contributed by atoms with van der Waals surface area (Å²) in [6, 6.07) is 2.03. The van der Waals surface area contributed by atoms with Gasteiger partial charge in [0.15, 0.2) is 0 Å². The zero-order valence-electron chi connectivity index (χ0n) is 11.7. The van der Waals surface area contributed by atoms with Crippen molar-refractivity contribution in [1.82, 2.24) is 4.90 Å². The smallest absolute Gasteiger partial charge is 0.243 e. The predicted molar refractivity (Wildman–Crippen MR) is 68.6 cm³/mol. The highest BCUT2D eigenvalue weighted by Crippen LogP contribution is 2.50. The van der Waals surface area contributed by atoms with E-state index in [1.165, 1.54) is 0 Å². The molecule has 0 spiro atoms. The van der Waals surface area contributed by atoms with Crippen molar-refractivity contribution >= 4 is 5.91 Å². The monoisotopic (exact) mass is 253 g/mol. The summed E-state index contributed by atoms with van der Waals surface area (Å²) in [5.41, 5.74) is 5.01. The first-order valence-electron chi connectivity index (χ1n) is 6.34. The zero-order valence-corrected chi connectivity index (χ0v) is 11.7. The third-order valence-electron chi connectivity index (χ3n) is 4.12. The van der Waals surface area contributed by atoms with E-state index in [0.29, 0.717) is 26.0 Å². The van der Waals surface area contributed by atoms with E-state index in [-0.39, 0.29) is 17.4 Å². The van der Waals surface area contributed by atoms with Crippen LogP contribution >= 0.6 is 0 Å². The molecule has 102 valence electrons. The first kappa shape index (κ1) is 14.9. The Kier molecular flexibility index (Phi) is 4.36. The summed E-state index contributed by atoms with van der Waals surface area (Å²) in [4.78, 5) is 13.9. The lowest BCUT2D eigenvalue weighted by Crippen LogP contribution is -2.75. The molecule has 0 heterocycles. The van der Waals surface area contributed by atoms with E-state index < -0.39 is 5.54 Å². The molecule has 18 heavy (non-hydrogen) atoms. The maximum Gasteiger partial charge on any atom is 0.243 e. The summed E-state index contributed by atoms with van der Waals surface area (Å²) in [5.74, 6) is -0.0984. The number of nitrogens with two attached hydrogens (primary N) is 1. The van der Waals surface area contributed by atoms with E-state index in [1.807, 2.05) is 26.8 Å². The number of nitrogens with zero attached hydrogens (tertiary/aromatic N) is 2. The number of ether oxygens (including phenoxy) is 1. The van der Waals surface area contributed by atoms with Gasteiger partial charge in [0.1, 0.15) is 5.54 Å². The van der Waals surface area contributed by atoms with Crippen LogP contribution in [0.1, 0.15) is 33.6 Å². The second-order valence-corrected chi connectivity index (χ2v) is 5.48. The van der Waals surface area contributed by atoms with Crippen LogP contribution in [0.3, 0.4) is 0 Å². The maximum atomic E-state index is 12.4. The normalized spacial score (nSPS) is 29.2. The van der Waals surface area contributed by atoms with E-state index in [1.54, 1.807) is 11.9 Å². The van der Waals surface area contributed by atoms with Gasteiger partial charge in [-0.15, -0.1) is 0 Å². The summed E-state index contributed by atoms with van der Waals surface area (Å²) >= 11 is 0. The molecule has 0 radical (unpaired) electrons. The molecule has 0 bridgehead atoms. The Morgan fingerprint density at radius 3 is 2.67 bits per heavy atom. The van der Waals surface area contributed by atoms with Gasteiger partial charge in [-0.2, -0.15) is 5.26 Å². The number of nitriles is 1. The van der Waals surface area contributed by atoms with Gasteiger partial charge in [-0.1, -0.05) is 13.8 Å². The standard InChI is InChI=1S/C13H23N3O2/c1-5-18-10-9-13(15,12(10,2)3)11(17)16(4)8-6-7-14/h10H,5-6,8-9,15H2,1-4H3. The van der Waals surface area contributed by atoms with E-state index in [4.69, 9.17) is 15.7 Å². The predicted octanol–water partition coefficient (Wildman–Crippen LogP) is 0.891. The van der Waals surface area contributed by atoms with Gasteiger partial charge < -0.3 is 15.4 Å². The molecule has 5 heteroatoms. The number of carbonyl (C=O) groups is 1. The van der Waals surface area contributed by atoms with Crippen LogP contribution in [0.15, 0.2) is 0 Å². The average molecular weight is 253 g/mol.